The van der Waals surface area contributed by atoms with Crippen LogP contribution in [-0.4, -0.2) is 43.6 Å². The highest BCUT2D eigenvalue weighted by atomic mass is 16.5. The Morgan fingerprint density at radius 3 is 2.06 bits per heavy atom. The van der Waals surface area contributed by atoms with E-state index in [0.717, 1.165) is 11.1 Å². The largest absolute Gasteiger partial charge is 0.445 e. The Balaban J connectivity index is 0.00000578. The molecule has 2 N–H and O–H groups in total. The molecule has 2 rings (SSSR count). The number of carbonyl (C=O) groups excluding carboxylic acids is 3. The highest BCUT2D eigenvalue weighted by molar-refractivity contribution is 5.92. The average molecular weight is 459 g/mol. The summed E-state index contributed by atoms with van der Waals surface area (Å²) in [5, 5.41) is 5.47. The molecule has 0 aliphatic rings. The molecule has 2 aromatic rings. The smallest absolute Gasteiger partial charge is 0.408 e. The molecular formula is C26H38N2O5. The molecule has 0 heterocycles. The number of hydrogen-bond donors (Lipinski definition) is 2. The van der Waals surface area contributed by atoms with E-state index >= 15 is 0 Å². The molecule has 0 radical (unpaired) electrons. The molecule has 182 valence electrons. The summed E-state index contributed by atoms with van der Waals surface area (Å²) in [6.45, 7) is 3.93. The van der Waals surface area contributed by atoms with Crippen molar-refractivity contribution in [2.24, 2.45) is 5.92 Å². The number of ketones is 1. The molecule has 0 unspecified atom stereocenters. The quantitative estimate of drug-likeness (QED) is 0.470. The van der Waals surface area contributed by atoms with E-state index in [1.165, 1.54) is 7.11 Å². The number of nitrogens with one attached hydrogen (secondary N) is 2. The Kier molecular flexibility index (Phi) is 11.1. The third-order valence-electron chi connectivity index (χ3n) is 5.08. The summed E-state index contributed by atoms with van der Waals surface area (Å²) in [5.41, 5.74) is 1.92. The number of benzene rings is 2. The minimum Gasteiger partial charge on any atom is -0.445 e. The van der Waals surface area contributed by atoms with Gasteiger partial charge in [0.15, 0.2) is 5.78 Å². The number of ether oxygens (including phenoxy) is 2. The molecule has 2 aromatic carbocycles. The number of rotatable bonds is 13. The van der Waals surface area contributed by atoms with Crippen LogP contribution >= 0.6 is 0 Å². The van der Waals surface area contributed by atoms with Crippen molar-refractivity contribution in [3.05, 3.63) is 71.8 Å². The van der Waals surface area contributed by atoms with Gasteiger partial charge in [-0.3, -0.25) is 9.59 Å². The van der Waals surface area contributed by atoms with E-state index in [4.69, 9.17) is 9.47 Å². The van der Waals surface area contributed by atoms with E-state index < -0.39 is 24.1 Å². The Morgan fingerprint density at radius 1 is 0.879 bits per heavy atom. The van der Waals surface area contributed by atoms with Gasteiger partial charge in [-0.15, -0.1) is 0 Å². The molecule has 2 atom stereocenters. The van der Waals surface area contributed by atoms with Gasteiger partial charge in [-0.05, 0) is 36.3 Å². The van der Waals surface area contributed by atoms with Crippen LogP contribution in [-0.2, 0) is 32.1 Å². The number of alkyl carbamates (subject to hydrolysis) is 1. The van der Waals surface area contributed by atoms with Crippen LogP contribution in [0, 0.1) is 5.92 Å². The van der Waals surface area contributed by atoms with Crippen LogP contribution in [0.2, 0.25) is 0 Å². The summed E-state index contributed by atoms with van der Waals surface area (Å²) >= 11 is 0. The topological polar surface area (TPSA) is 93.7 Å². The maximum Gasteiger partial charge on any atom is 0.408 e. The van der Waals surface area contributed by atoms with Crippen molar-refractivity contribution in [2.45, 2.75) is 51.8 Å². The predicted molar refractivity (Wildman–Crippen MR) is 131 cm³/mol. The standard InChI is InChI=1S/C26H34N2O5.2H2/c1-19(2)16-23(28-26(31)33-17-21-12-8-5-9-13-21)25(30)27-22(24(29)18-32-3)15-14-20-10-6-4-7-11-20;;/h4-13,19,22-23H,14-18H2,1-3H3,(H,27,30)(H,28,31);2*1H/t22-,23-;;/m0../s1. The van der Waals surface area contributed by atoms with Crippen molar-refractivity contribution < 1.29 is 26.7 Å². The van der Waals surface area contributed by atoms with Gasteiger partial charge in [0.2, 0.25) is 5.91 Å². The fourth-order valence-electron chi connectivity index (χ4n) is 3.39. The third-order valence-corrected chi connectivity index (χ3v) is 5.08. The molecule has 0 saturated heterocycles. The van der Waals surface area contributed by atoms with Crippen molar-refractivity contribution in [1.29, 1.82) is 0 Å². The van der Waals surface area contributed by atoms with Gasteiger partial charge in [0.05, 0.1) is 6.04 Å². The third kappa shape index (κ3) is 9.87. The molecular weight excluding hydrogens is 420 g/mol. The lowest BCUT2D eigenvalue weighted by molar-refractivity contribution is -0.131. The van der Waals surface area contributed by atoms with Gasteiger partial charge in [-0.1, -0.05) is 74.5 Å². The molecule has 7 nitrogen and oxygen atoms in total. The van der Waals surface area contributed by atoms with Crippen molar-refractivity contribution in [2.75, 3.05) is 13.7 Å². The molecule has 0 fully saturated rings. The molecule has 2 amide bonds. The summed E-state index contributed by atoms with van der Waals surface area (Å²) in [6, 6.07) is 17.5. The highest BCUT2D eigenvalue weighted by Crippen LogP contribution is 2.10. The van der Waals surface area contributed by atoms with E-state index in [0.29, 0.717) is 19.3 Å². The SMILES string of the molecule is COCC(=O)[C@H](CCc1ccccc1)NC(=O)[C@H](CC(C)C)NC(=O)OCc1ccccc1.[HH].[HH]. The van der Waals surface area contributed by atoms with Crippen LogP contribution in [0.4, 0.5) is 4.79 Å². The summed E-state index contributed by atoms with van der Waals surface area (Å²) < 4.78 is 10.3. The van der Waals surface area contributed by atoms with E-state index in [9.17, 15) is 14.4 Å². The van der Waals surface area contributed by atoms with Crippen LogP contribution in [0.25, 0.3) is 0 Å². The Bertz CT molecular complexity index is 882. The first-order chi connectivity index (χ1) is 15.9. The van der Waals surface area contributed by atoms with Gasteiger partial charge in [0.25, 0.3) is 0 Å². The van der Waals surface area contributed by atoms with E-state index in [1.807, 2.05) is 74.5 Å². The second-order valence-electron chi connectivity index (χ2n) is 8.37. The van der Waals surface area contributed by atoms with E-state index in [2.05, 4.69) is 10.6 Å². The molecule has 7 heteroatoms. The summed E-state index contributed by atoms with van der Waals surface area (Å²) in [4.78, 5) is 38.0. The normalized spacial score (nSPS) is 12.6. The first-order valence-electron chi connectivity index (χ1n) is 11.2. The van der Waals surface area contributed by atoms with Crippen LogP contribution in [0.5, 0.6) is 0 Å². The zero-order valence-electron chi connectivity index (χ0n) is 19.6. The van der Waals surface area contributed by atoms with Gasteiger partial charge >= 0.3 is 6.09 Å². The van der Waals surface area contributed by atoms with E-state index in [-0.39, 0.29) is 27.8 Å². The zero-order chi connectivity index (χ0) is 24.1. The molecule has 0 spiro atoms. The number of amides is 2. The lowest BCUT2D eigenvalue weighted by Gasteiger charge is -2.24. The minimum atomic E-state index is -0.817. The van der Waals surface area contributed by atoms with Crippen molar-refractivity contribution in [3.8, 4) is 0 Å². The minimum absolute atomic E-state index is 0. The number of hydrogen-bond acceptors (Lipinski definition) is 5. The van der Waals surface area contributed by atoms with Gasteiger partial charge in [0, 0.05) is 9.96 Å². The second kappa shape index (κ2) is 14.1. The molecule has 0 bridgehead atoms. The predicted octanol–water partition coefficient (Wildman–Crippen LogP) is 4.15. The van der Waals surface area contributed by atoms with Crippen LogP contribution in [0.1, 0.15) is 40.7 Å². The summed E-state index contributed by atoms with van der Waals surface area (Å²) in [7, 11) is 1.44. The lowest BCUT2D eigenvalue weighted by atomic mass is 10.00. The van der Waals surface area contributed by atoms with Crippen LogP contribution in [0.15, 0.2) is 60.7 Å². The Hall–Kier alpha value is -3.19. The average Bonchev–Trinajstić information content (AvgIpc) is 2.81. The fraction of sp³-hybridized carbons (Fsp3) is 0.423. The maximum atomic E-state index is 13.0. The molecule has 0 aromatic heterocycles. The fourth-order valence-corrected chi connectivity index (χ4v) is 3.39. The number of carbonyl (C=O) groups is 3. The Labute approximate surface area is 198 Å². The monoisotopic (exact) mass is 458 g/mol. The molecule has 0 aliphatic carbocycles. The van der Waals surface area contributed by atoms with Crippen molar-refractivity contribution in [3.63, 3.8) is 0 Å². The van der Waals surface area contributed by atoms with Crippen LogP contribution < -0.4 is 10.6 Å². The first kappa shape index (κ1) is 26.1. The Morgan fingerprint density at radius 2 is 1.48 bits per heavy atom. The number of aryl methyl sites for hydroxylation is 1. The summed E-state index contributed by atoms with van der Waals surface area (Å²) in [5.74, 6) is -0.479. The van der Waals surface area contributed by atoms with Gasteiger partial charge in [-0.25, -0.2) is 4.79 Å². The zero-order valence-corrected chi connectivity index (χ0v) is 19.6. The molecule has 0 aliphatic heterocycles. The molecule has 33 heavy (non-hydrogen) atoms. The number of Topliss-reactive ketones (excluding diaryl/α,β-unsaturated/α-hetero) is 1. The number of methoxy groups -OCH3 is 1. The summed E-state index contributed by atoms with van der Waals surface area (Å²) in [6.07, 6.45) is 0.799. The van der Waals surface area contributed by atoms with Gasteiger partial charge in [-0.2, -0.15) is 0 Å². The van der Waals surface area contributed by atoms with Crippen molar-refractivity contribution >= 4 is 17.8 Å². The maximum absolute atomic E-state index is 13.0. The van der Waals surface area contributed by atoms with Gasteiger partial charge < -0.3 is 20.1 Å². The van der Waals surface area contributed by atoms with E-state index in [1.54, 1.807) is 0 Å². The second-order valence-corrected chi connectivity index (χ2v) is 8.37. The molecule has 0 saturated carbocycles. The first-order valence-corrected chi connectivity index (χ1v) is 11.2. The van der Waals surface area contributed by atoms with Gasteiger partial charge in [0.1, 0.15) is 19.3 Å². The highest BCUT2D eigenvalue weighted by Gasteiger charge is 2.27. The van der Waals surface area contributed by atoms with Crippen molar-refractivity contribution in [1.82, 2.24) is 10.6 Å². The van der Waals surface area contributed by atoms with Crippen LogP contribution in [0.3, 0.4) is 0 Å². The lowest BCUT2D eigenvalue weighted by Crippen LogP contribution is -2.52.